The number of ether oxygens (including phenoxy) is 1. The van der Waals surface area contributed by atoms with Crippen molar-refractivity contribution >= 4 is 11.6 Å². The molecule has 1 amide bonds. The van der Waals surface area contributed by atoms with Crippen molar-refractivity contribution in [3.63, 3.8) is 0 Å². The van der Waals surface area contributed by atoms with Gasteiger partial charge < -0.3 is 4.74 Å². The first kappa shape index (κ1) is 15.2. The molecule has 118 valence electrons. The molecule has 4 nitrogen and oxygen atoms in total. The highest BCUT2D eigenvalue weighted by molar-refractivity contribution is 6.04. The van der Waals surface area contributed by atoms with Crippen LogP contribution in [0.5, 0.6) is 5.75 Å². The summed E-state index contributed by atoms with van der Waals surface area (Å²) < 4.78 is 20.2. The van der Waals surface area contributed by atoms with E-state index in [9.17, 15) is 9.18 Å². The summed E-state index contributed by atoms with van der Waals surface area (Å²) in [6.45, 7) is 2.42. The molecular formula is C18H17FN2O2. The minimum Gasteiger partial charge on any atom is -0.493 e. The van der Waals surface area contributed by atoms with Crippen molar-refractivity contribution in [1.29, 1.82) is 0 Å². The van der Waals surface area contributed by atoms with Gasteiger partial charge in [0, 0.05) is 29.5 Å². The summed E-state index contributed by atoms with van der Waals surface area (Å²) in [6.07, 6.45) is 0.884. The van der Waals surface area contributed by atoms with E-state index in [1.165, 1.54) is 6.07 Å². The van der Waals surface area contributed by atoms with E-state index in [1.54, 1.807) is 6.07 Å². The van der Waals surface area contributed by atoms with Crippen LogP contribution in [0.25, 0.3) is 11.1 Å². The number of nitrogens with one attached hydrogen (secondary N) is 1. The van der Waals surface area contributed by atoms with E-state index in [0.717, 1.165) is 5.56 Å². The molecule has 0 aromatic heterocycles. The van der Waals surface area contributed by atoms with Gasteiger partial charge in [-0.25, -0.2) is 9.82 Å². The Morgan fingerprint density at radius 3 is 2.70 bits per heavy atom. The first-order valence-corrected chi connectivity index (χ1v) is 7.56. The van der Waals surface area contributed by atoms with Crippen LogP contribution in [0.3, 0.4) is 0 Å². The Labute approximate surface area is 134 Å². The highest BCUT2D eigenvalue weighted by atomic mass is 19.1. The normalized spacial score (nSPS) is 14.2. The number of hydrogen-bond acceptors (Lipinski definition) is 3. The molecule has 2 aromatic carbocycles. The molecule has 0 radical (unpaired) electrons. The summed E-state index contributed by atoms with van der Waals surface area (Å²) in [5, 5.41) is 4.00. The molecule has 0 unspecified atom stereocenters. The maximum absolute atomic E-state index is 14.6. The lowest BCUT2D eigenvalue weighted by atomic mass is 9.98. The van der Waals surface area contributed by atoms with Gasteiger partial charge in [-0.1, -0.05) is 30.3 Å². The molecule has 0 saturated carbocycles. The summed E-state index contributed by atoms with van der Waals surface area (Å²) in [6, 6.07) is 12.4. The Morgan fingerprint density at radius 2 is 2.00 bits per heavy atom. The fourth-order valence-electron chi connectivity index (χ4n) is 2.57. The topological polar surface area (TPSA) is 50.7 Å². The van der Waals surface area contributed by atoms with Crippen molar-refractivity contribution in [2.24, 2.45) is 5.10 Å². The maximum atomic E-state index is 14.6. The summed E-state index contributed by atoms with van der Waals surface area (Å²) >= 11 is 0. The molecular weight excluding hydrogens is 295 g/mol. The van der Waals surface area contributed by atoms with E-state index in [2.05, 4.69) is 10.5 Å². The zero-order chi connectivity index (χ0) is 16.2. The molecule has 0 spiro atoms. The van der Waals surface area contributed by atoms with Gasteiger partial charge in [-0.3, -0.25) is 4.79 Å². The van der Waals surface area contributed by atoms with Crippen LogP contribution >= 0.6 is 0 Å². The number of hydrogen-bond donors (Lipinski definition) is 1. The van der Waals surface area contributed by atoms with Crippen LogP contribution in [-0.4, -0.2) is 18.2 Å². The van der Waals surface area contributed by atoms with Crippen LogP contribution in [0.1, 0.15) is 25.3 Å². The first-order valence-electron chi connectivity index (χ1n) is 7.56. The number of carbonyl (C=O) groups is 1. The second kappa shape index (κ2) is 6.60. The van der Waals surface area contributed by atoms with Crippen LogP contribution in [0.15, 0.2) is 47.6 Å². The average Bonchev–Trinajstić information content (AvgIpc) is 2.57. The van der Waals surface area contributed by atoms with Crippen LogP contribution in [0, 0.1) is 5.82 Å². The Balaban J connectivity index is 1.96. The first-order chi connectivity index (χ1) is 11.2. The van der Waals surface area contributed by atoms with Crippen molar-refractivity contribution in [2.75, 3.05) is 6.61 Å². The summed E-state index contributed by atoms with van der Waals surface area (Å²) in [4.78, 5) is 11.1. The highest BCUT2D eigenvalue weighted by Crippen LogP contribution is 2.32. The van der Waals surface area contributed by atoms with Crippen molar-refractivity contribution in [3.05, 3.63) is 53.8 Å². The number of benzene rings is 2. The van der Waals surface area contributed by atoms with Gasteiger partial charge in [0.2, 0.25) is 5.91 Å². The highest BCUT2D eigenvalue weighted by Gasteiger charge is 2.16. The fraction of sp³-hybridized carbons (Fsp3) is 0.222. The molecule has 0 saturated heterocycles. The molecule has 1 N–H and O–H groups in total. The van der Waals surface area contributed by atoms with E-state index < -0.39 is 0 Å². The Bertz CT molecular complexity index is 771. The molecule has 1 aliphatic rings. The van der Waals surface area contributed by atoms with Gasteiger partial charge in [-0.2, -0.15) is 5.10 Å². The molecule has 2 aromatic rings. The largest absolute Gasteiger partial charge is 0.493 e. The van der Waals surface area contributed by atoms with Crippen LogP contribution in [0.2, 0.25) is 0 Å². The molecule has 0 bridgehead atoms. The van der Waals surface area contributed by atoms with Gasteiger partial charge in [0.1, 0.15) is 11.6 Å². The van der Waals surface area contributed by atoms with Gasteiger partial charge in [0.05, 0.1) is 12.3 Å². The van der Waals surface area contributed by atoms with Gasteiger partial charge >= 0.3 is 0 Å². The third-order valence-corrected chi connectivity index (χ3v) is 3.68. The molecule has 5 heteroatoms. The van der Waals surface area contributed by atoms with Crippen LogP contribution in [0.4, 0.5) is 4.39 Å². The Morgan fingerprint density at radius 1 is 1.17 bits per heavy atom. The lowest BCUT2D eigenvalue weighted by Gasteiger charge is -2.14. The quantitative estimate of drug-likeness (QED) is 0.939. The predicted molar refractivity (Wildman–Crippen MR) is 86.9 cm³/mol. The number of halogens is 1. The smallest absolute Gasteiger partial charge is 0.240 e. The van der Waals surface area contributed by atoms with Crippen molar-refractivity contribution in [3.8, 4) is 16.9 Å². The van der Waals surface area contributed by atoms with Crippen molar-refractivity contribution in [2.45, 2.75) is 19.8 Å². The second-order valence-corrected chi connectivity index (χ2v) is 5.22. The minimum atomic E-state index is -0.339. The van der Waals surface area contributed by atoms with Crippen LogP contribution in [-0.2, 0) is 4.79 Å². The van der Waals surface area contributed by atoms with Gasteiger partial charge in [0.25, 0.3) is 0 Å². The van der Waals surface area contributed by atoms with Gasteiger partial charge in [0.15, 0.2) is 0 Å². The summed E-state index contributed by atoms with van der Waals surface area (Å²) in [5.41, 5.74) is 5.00. The third-order valence-electron chi connectivity index (χ3n) is 3.68. The van der Waals surface area contributed by atoms with E-state index in [4.69, 9.17) is 4.74 Å². The zero-order valence-corrected chi connectivity index (χ0v) is 12.8. The number of rotatable bonds is 4. The molecule has 0 fully saturated rings. The summed E-state index contributed by atoms with van der Waals surface area (Å²) in [7, 11) is 0. The Hall–Kier alpha value is -2.69. The van der Waals surface area contributed by atoms with Crippen molar-refractivity contribution in [1.82, 2.24) is 5.43 Å². The lowest BCUT2D eigenvalue weighted by Crippen LogP contribution is -2.25. The monoisotopic (exact) mass is 312 g/mol. The lowest BCUT2D eigenvalue weighted by molar-refractivity contribution is -0.121. The molecule has 3 rings (SSSR count). The molecule has 23 heavy (non-hydrogen) atoms. The number of para-hydroxylation sites is 1. The average molecular weight is 312 g/mol. The number of nitrogens with zero attached hydrogens (tertiary/aromatic N) is 1. The SMILES string of the molecule is CCOc1ccccc1-c1ccc(C2=NNC(=O)CC2)cc1F. The molecule has 0 atom stereocenters. The number of hydrazone groups is 1. The predicted octanol–water partition coefficient (Wildman–Crippen LogP) is 3.51. The number of carbonyl (C=O) groups excluding carboxylic acids is 1. The third kappa shape index (κ3) is 3.23. The van der Waals surface area contributed by atoms with E-state index >= 15 is 0 Å². The molecule has 1 aliphatic heterocycles. The fourth-order valence-corrected chi connectivity index (χ4v) is 2.57. The standard InChI is InChI=1S/C18H17FN2O2/c1-2-23-17-6-4-3-5-14(17)13-8-7-12(11-15(13)19)16-9-10-18(22)21-20-16/h3-8,11H,2,9-10H2,1H3,(H,21,22). The maximum Gasteiger partial charge on any atom is 0.240 e. The minimum absolute atomic E-state index is 0.114. The summed E-state index contributed by atoms with van der Waals surface area (Å²) in [5.74, 6) is 0.203. The molecule has 1 heterocycles. The van der Waals surface area contributed by atoms with Gasteiger partial charge in [-0.05, 0) is 19.1 Å². The van der Waals surface area contributed by atoms with Gasteiger partial charge in [-0.15, -0.1) is 0 Å². The Kier molecular flexibility index (Phi) is 4.37. The van der Waals surface area contributed by atoms with E-state index in [-0.39, 0.29) is 11.7 Å². The number of amides is 1. The molecule has 0 aliphatic carbocycles. The van der Waals surface area contributed by atoms with E-state index in [0.29, 0.717) is 42.0 Å². The van der Waals surface area contributed by atoms with E-state index in [1.807, 2.05) is 37.3 Å². The van der Waals surface area contributed by atoms with Crippen molar-refractivity contribution < 1.29 is 13.9 Å². The van der Waals surface area contributed by atoms with Crippen LogP contribution < -0.4 is 10.2 Å². The zero-order valence-electron chi connectivity index (χ0n) is 12.8. The second-order valence-electron chi connectivity index (χ2n) is 5.22.